The number of aryl methyl sites for hydroxylation is 1. The molecule has 0 saturated heterocycles. The van der Waals surface area contributed by atoms with Gasteiger partial charge in [0.1, 0.15) is 5.82 Å². The fraction of sp³-hybridized carbons (Fsp3) is 0.429. The zero-order valence-electron chi connectivity index (χ0n) is 7.43. The van der Waals surface area contributed by atoms with Crippen molar-refractivity contribution in [1.29, 1.82) is 0 Å². The van der Waals surface area contributed by atoms with Crippen LogP contribution in [0.25, 0.3) is 0 Å². The number of rotatable bonds is 3. The predicted octanol–water partition coefficient (Wildman–Crippen LogP) is 0.574. The van der Waals surface area contributed by atoms with Crippen LogP contribution in [0.3, 0.4) is 0 Å². The van der Waals surface area contributed by atoms with E-state index in [1.807, 2.05) is 6.92 Å². The maximum absolute atomic E-state index is 11.3. The minimum absolute atomic E-state index is 0.0363. The summed E-state index contributed by atoms with van der Waals surface area (Å²) in [4.78, 5) is 18.5. The molecule has 0 atom stereocenters. The van der Waals surface area contributed by atoms with E-state index >= 15 is 0 Å². The summed E-state index contributed by atoms with van der Waals surface area (Å²) < 4.78 is 5.79. The molecule has 1 radical (unpaired) electrons. The highest BCUT2D eigenvalue weighted by atomic mass is 127. The van der Waals surface area contributed by atoms with Crippen LogP contribution >= 0.6 is 20.3 Å². The predicted molar refractivity (Wildman–Crippen MR) is 58.7 cm³/mol. The van der Waals surface area contributed by atoms with E-state index in [-0.39, 0.29) is 17.9 Å². The molecule has 1 aromatic rings. The van der Waals surface area contributed by atoms with Gasteiger partial charge in [-0.1, -0.05) is 0 Å². The van der Waals surface area contributed by atoms with E-state index < -0.39 is 0 Å². The van der Waals surface area contributed by atoms with Crippen molar-refractivity contribution in [3.8, 4) is 0 Å². The number of aromatic nitrogens is 2. The lowest BCUT2D eigenvalue weighted by Gasteiger charge is -1.98. The molecular formula is C7H9AlIN2O2. The van der Waals surface area contributed by atoms with Gasteiger partial charge in [0.2, 0.25) is 0 Å². The molecule has 1 N–H and O–H groups in total. The van der Waals surface area contributed by atoms with Crippen LogP contribution in [-0.2, 0) is 4.74 Å². The molecule has 0 unspecified atom stereocenters. The Labute approximate surface area is 93.8 Å². The van der Waals surface area contributed by atoms with Crippen LogP contribution in [0.15, 0.2) is 0 Å². The van der Waals surface area contributed by atoms with E-state index in [0.29, 0.717) is 12.3 Å². The van der Waals surface area contributed by atoms with Crippen molar-refractivity contribution in [2.75, 3.05) is 6.61 Å². The molecule has 0 aliphatic heterocycles. The smallest absolute Gasteiger partial charge is 0.387 e. The highest BCUT2D eigenvalue weighted by molar-refractivity contribution is 14.1. The molecule has 0 bridgehead atoms. The van der Waals surface area contributed by atoms with E-state index in [1.165, 1.54) is 0 Å². The molecule has 1 rings (SSSR count). The van der Waals surface area contributed by atoms with Crippen molar-refractivity contribution in [1.82, 2.24) is 9.97 Å². The average molecular weight is 307 g/mol. The molecule has 0 aliphatic carbocycles. The van der Waals surface area contributed by atoms with Gasteiger partial charge in [0.25, 0.3) is 0 Å². The lowest BCUT2D eigenvalue weighted by atomic mass is 10.5. The van der Waals surface area contributed by atoms with Gasteiger partial charge in [-0.3, -0.25) is 0 Å². The Balaban J connectivity index is 2.91. The second kappa shape index (κ2) is 4.98. The van der Waals surface area contributed by atoms with Crippen molar-refractivity contribution in [2.45, 2.75) is 13.8 Å². The number of imidazole rings is 1. The van der Waals surface area contributed by atoms with Crippen molar-refractivity contribution in [3.63, 3.8) is 0 Å². The van der Waals surface area contributed by atoms with E-state index in [1.54, 1.807) is 6.92 Å². The van der Waals surface area contributed by atoms with Crippen molar-refractivity contribution in [3.05, 3.63) is 11.5 Å². The highest BCUT2D eigenvalue weighted by Gasteiger charge is 2.16. The van der Waals surface area contributed by atoms with E-state index in [9.17, 15) is 4.79 Å². The fourth-order valence-corrected chi connectivity index (χ4v) is 2.85. The molecule has 0 spiro atoms. The molecule has 0 saturated carbocycles. The molecular weight excluding hydrogens is 298 g/mol. The molecule has 1 aromatic heterocycles. The first-order valence-corrected chi connectivity index (χ1v) is 8.61. The lowest BCUT2D eigenvalue weighted by Crippen LogP contribution is -2.21. The van der Waals surface area contributed by atoms with Crippen LogP contribution in [0.2, 0.25) is 0 Å². The standard InChI is InChI=1S/C7H9N2O2.Al.HI/c1-3-11-7(10)6-4-8-5(2)9-6;;/h3H2,1-2H3,(H,8,9);;1H/q;+1;/p-1. The molecule has 13 heavy (non-hydrogen) atoms. The number of carbonyl (C=O) groups is 1. The number of nitrogens with zero attached hydrogens (tertiary/aromatic N) is 1. The molecule has 69 valence electrons. The van der Waals surface area contributed by atoms with Crippen LogP contribution in [0.1, 0.15) is 23.2 Å². The van der Waals surface area contributed by atoms with Gasteiger partial charge >= 0.3 is 17.9 Å². The Hall–Kier alpha value is -0.0575. The zero-order chi connectivity index (χ0) is 9.84. The number of hydrogen-bond acceptors (Lipinski definition) is 3. The first kappa shape index (κ1) is 11.0. The third kappa shape index (κ3) is 2.69. The molecule has 1 heterocycles. The number of carbonyl (C=O) groups excluding carboxylic acids is 1. The van der Waals surface area contributed by atoms with E-state index in [0.717, 1.165) is 10.4 Å². The number of esters is 1. The molecule has 6 heteroatoms. The molecule has 0 amide bonds. The Morgan fingerprint density at radius 2 is 2.46 bits per heavy atom. The van der Waals surface area contributed by atoms with Gasteiger partial charge in [-0.15, -0.1) is 0 Å². The number of hydrogen-bond donors (Lipinski definition) is 1. The zero-order valence-corrected chi connectivity index (χ0v) is 10.7. The fourth-order valence-electron chi connectivity index (χ4n) is 0.944. The first-order chi connectivity index (χ1) is 6.19. The summed E-state index contributed by atoms with van der Waals surface area (Å²) in [5.41, 5.74) is 0.448. The third-order valence-electron chi connectivity index (χ3n) is 1.43. The summed E-state index contributed by atoms with van der Waals surface area (Å²) in [6.45, 7) is 4.01. The summed E-state index contributed by atoms with van der Waals surface area (Å²) in [6.07, 6.45) is 0. The number of aromatic amines is 1. The third-order valence-corrected chi connectivity index (χ3v) is 3.93. The number of ether oxygens (including phenoxy) is 1. The van der Waals surface area contributed by atoms with Crippen molar-refractivity contribution >= 4 is 42.7 Å². The number of halogens is 1. The van der Waals surface area contributed by atoms with Crippen LogP contribution in [0, 0.1) is 6.92 Å². The Bertz CT molecular complexity index is 313. The van der Waals surface area contributed by atoms with E-state index in [4.69, 9.17) is 4.74 Å². The topological polar surface area (TPSA) is 55.0 Å². The molecule has 0 fully saturated rings. The van der Waals surface area contributed by atoms with Crippen LogP contribution in [0.4, 0.5) is 0 Å². The van der Waals surface area contributed by atoms with Gasteiger partial charge in [0, 0.05) is 0 Å². The first-order valence-electron chi connectivity index (χ1n) is 3.86. The minimum Gasteiger partial charge on any atom is -0.461 e. The summed E-state index contributed by atoms with van der Waals surface area (Å²) in [5, 5.41) is 0. The maximum atomic E-state index is 11.3. The van der Waals surface area contributed by atoms with Gasteiger partial charge in [0.15, 0.2) is 5.69 Å². The Kier molecular flexibility index (Phi) is 4.22. The second-order valence-electron chi connectivity index (χ2n) is 2.41. The summed E-state index contributed by atoms with van der Waals surface area (Å²) >= 11 is 2.29. The van der Waals surface area contributed by atoms with Crippen molar-refractivity contribution < 1.29 is 9.53 Å². The number of nitrogens with one attached hydrogen (secondary N) is 1. The van der Waals surface area contributed by atoms with Gasteiger partial charge < -0.3 is 9.72 Å². The molecule has 0 aromatic carbocycles. The van der Waals surface area contributed by atoms with Crippen LogP contribution in [-0.4, -0.2) is 34.5 Å². The second-order valence-corrected chi connectivity index (χ2v) is 5.08. The quantitative estimate of drug-likeness (QED) is 0.505. The van der Waals surface area contributed by atoms with Crippen LogP contribution in [0.5, 0.6) is 0 Å². The van der Waals surface area contributed by atoms with Gasteiger partial charge in [-0.05, 0) is 18.4 Å². The summed E-state index contributed by atoms with van der Waals surface area (Å²) in [5.74, 6) is 0.438. The Morgan fingerprint density at radius 1 is 1.77 bits per heavy atom. The molecule has 4 nitrogen and oxygen atoms in total. The van der Waals surface area contributed by atoms with Crippen LogP contribution < -0.4 is 4.56 Å². The average Bonchev–Trinajstić information content (AvgIpc) is 2.47. The Morgan fingerprint density at radius 3 is 3.00 bits per heavy atom. The minimum atomic E-state index is -0.328. The van der Waals surface area contributed by atoms with Crippen molar-refractivity contribution in [2.24, 2.45) is 0 Å². The number of H-pyrrole nitrogens is 1. The van der Waals surface area contributed by atoms with Gasteiger partial charge in [-0.2, -0.15) is 0 Å². The van der Waals surface area contributed by atoms with Gasteiger partial charge in [0.05, 0.1) is 6.61 Å². The summed E-state index contributed by atoms with van der Waals surface area (Å²) in [7, 11) is 0. The summed E-state index contributed by atoms with van der Waals surface area (Å²) in [6, 6.07) is 0. The normalized spacial score (nSPS) is 9.77. The SMILES string of the molecule is CCOC(=O)c1nc(C)[nH][c]1[Al][I]. The largest absolute Gasteiger partial charge is 0.461 e. The highest BCUT2D eigenvalue weighted by Crippen LogP contribution is 1.97. The maximum Gasteiger partial charge on any atom is 0.387 e. The van der Waals surface area contributed by atoms with E-state index in [2.05, 4.69) is 30.2 Å². The molecule has 0 aliphatic rings. The monoisotopic (exact) mass is 307 g/mol. The lowest BCUT2D eigenvalue weighted by molar-refractivity contribution is 0.0521. The van der Waals surface area contributed by atoms with Gasteiger partial charge in [-0.25, -0.2) is 30.1 Å².